The number of anilines is 1. The summed E-state index contributed by atoms with van der Waals surface area (Å²) in [4.78, 5) is 21.4. The Bertz CT molecular complexity index is 823. The van der Waals surface area contributed by atoms with Gasteiger partial charge in [-0.05, 0) is 25.3 Å². The van der Waals surface area contributed by atoms with Crippen LogP contribution in [-0.4, -0.2) is 32.3 Å². The van der Waals surface area contributed by atoms with Crippen LogP contribution in [0.3, 0.4) is 0 Å². The summed E-state index contributed by atoms with van der Waals surface area (Å²) in [5, 5.41) is 6.93. The molecule has 0 spiro atoms. The zero-order chi connectivity index (χ0) is 15.0. The summed E-state index contributed by atoms with van der Waals surface area (Å²) >= 11 is 1.51. The average molecular weight is 303 g/mol. The fourth-order valence-electron chi connectivity index (χ4n) is 2.00. The van der Waals surface area contributed by atoms with Gasteiger partial charge in [0.05, 0.1) is 18.2 Å². The molecule has 0 saturated heterocycles. The zero-order valence-corrected chi connectivity index (χ0v) is 12.3. The molecule has 3 aromatic rings. The van der Waals surface area contributed by atoms with Crippen LogP contribution in [0.5, 0.6) is 0 Å². The number of hydrogen-bond donors (Lipinski definition) is 1. The van der Waals surface area contributed by atoms with Gasteiger partial charge in [-0.15, -0.1) is 11.3 Å². The fourth-order valence-corrected chi connectivity index (χ4v) is 2.80. The fraction of sp³-hybridized carbons (Fsp3) is 0.231. The van der Waals surface area contributed by atoms with Crippen LogP contribution in [0, 0.1) is 6.92 Å². The lowest BCUT2D eigenvalue weighted by Gasteiger charge is -2.06. The largest absolute Gasteiger partial charge is 0.462 e. The molecule has 0 bridgehead atoms. The molecule has 21 heavy (non-hydrogen) atoms. The number of aryl methyl sites for hydroxylation is 1. The van der Waals surface area contributed by atoms with Gasteiger partial charge in [-0.25, -0.2) is 14.8 Å². The molecule has 8 heteroatoms. The summed E-state index contributed by atoms with van der Waals surface area (Å²) in [6.07, 6.45) is 1.39. The number of aromatic nitrogens is 4. The van der Waals surface area contributed by atoms with Gasteiger partial charge in [0.1, 0.15) is 22.0 Å². The molecule has 0 aliphatic carbocycles. The van der Waals surface area contributed by atoms with E-state index < -0.39 is 5.97 Å². The molecule has 0 saturated carbocycles. The van der Waals surface area contributed by atoms with Crippen LogP contribution in [0.1, 0.15) is 23.1 Å². The Morgan fingerprint density at radius 2 is 2.29 bits per heavy atom. The molecule has 3 rings (SSSR count). The van der Waals surface area contributed by atoms with Crippen LogP contribution in [0.15, 0.2) is 17.6 Å². The molecule has 0 atom stereocenters. The molecule has 0 amide bonds. The highest BCUT2D eigenvalue weighted by atomic mass is 32.1. The van der Waals surface area contributed by atoms with Crippen molar-refractivity contribution in [1.82, 2.24) is 19.7 Å². The molecule has 0 fully saturated rings. The van der Waals surface area contributed by atoms with Crippen LogP contribution in [0.25, 0.3) is 16.0 Å². The second-order valence-corrected chi connectivity index (χ2v) is 5.20. The van der Waals surface area contributed by atoms with E-state index in [1.165, 1.54) is 22.2 Å². The van der Waals surface area contributed by atoms with Crippen LogP contribution in [-0.2, 0) is 4.74 Å². The van der Waals surface area contributed by atoms with E-state index in [-0.39, 0.29) is 18.0 Å². The molecule has 0 aliphatic rings. The van der Waals surface area contributed by atoms with Crippen molar-refractivity contribution in [2.24, 2.45) is 0 Å². The first kappa shape index (κ1) is 13.5. The highest BCUT2D eigenvalue weighted by Crippen LogP contribution is 2.26. The SMILES string of the molecule is CCOC(=O)c1cnn(-c2nc(C)nc3sccc23)c1N. The van der Waals surface area contributed by atoms with Crippen molar-refractivity contribution in [2.45, 2.75) is 13.8 Å². The van der Waals surface area contributed by atoms with Gasteiger partial charge >= 0.3 is 5.97 Å². The van der Waals surface area contributed by atoms with Crippen molar-refractivity contribution in [3.8, 4) is 5.82 Å². The molecule has 7 nitrogen and oxygen atoms in total. The van der Waals surface area contributed by atoms with Crippen molar-refractivity contribution in [2.75, 3.05) is 12.3 Å². The van der Waals surface area contributed by atoms with Crippen molar-refractivity contribution in [3.05, 3.63) is 29.0 Å². The average Bonchev–Trinajstić information content (AvgIpc) is 3.04. The van der Waals surface area contributed by atoms with E-state index in [4.69, 9.17) is 10.5 Å². The van der Waals surface area contributed by atoms with Gasteiger partial charge in [0, 0.05) is 0 Å². The lowest BCUT2D eigenvalue weighted by atomic mass is 10.3. The molecule has 0 aromatic carbocycles. The van der Waals surface area contributed by atoms with Crippen molar-refractivity contribution in [3.63, 3.8) is 0 Å². The number of esters is 1. The molecular formula is C13H13N5O2S. The van der Waals surface area contributed by atoms with Gasteiger partial charge < -0.3 is 10.5 Å². The van der Waals surface area contributed by atoms with Crippen molar-refractivity contribution < 1.29 is 9.53 Å². The predicted octanol–water partition coefficient (Wildman–Crippen LogP) is 1.94. The van der Waals surface area contributed by atoms with Gasteiger partial charge in [0.25, 0.3) is 0 Å². The second kappa shape index (κ2) is 5.13. The first-order valence-corrected chi connectivity index (χ1v) is 7.22. The topological polar surface area (TPSA) is 95.9 Å². The minimum atomic E-state index is -0.492. The number of nitrogens with two attached hydrogens (primary N) is 1. The molecule has 3 aromatic heterocycles. The number of thiophene rings is 1. The number of carbonyl (C=O) groups excluding carboxylic acids is 1. The monoisotopic (exact) mass is 303 g/mol. The van der Waals surface area contributed by atoms with Crippen LogP contribution in [0.4, 0.5) is 5.82 Å². The number of nitrogen functional groups attached to an aromatic ring is 1. The molecule has 108 valence electrons. The quantitative estimate of drug-likeness (QED) is 0.743. The molecule has 0 aliphatic heterocycles. The van der Waals surface area contributed by atoms with Gasteiger partial charge in [-0.1, -0.05) is 0 Å². The summed E-state index contributed by atoms with van der Waals surface area (Å²) < 4.78 is 6.39. The van der Waals surface area contributed by atoms with Crippen LogP contribution < -0.4 is 5.73 Å². The Morgan fingerprint density at radius 3 is 3.05 bits per heavy atom. The van der Waals surface area contributed by atoms with E-state index in [0.29, 0.717) is 11.6 Å². The van der Waals surface area contributed by atoms with Gasteiger partial charge in [0.2, 0.25) is 0 Å². The Kier molecular flexibility index (Phi) is 3.30. The lowest BCUT2D eigenvalue weighted by molar-refractivity contribution is 0.0527. The number of rotatable bonds is 3. The normalized spacial score (nSPS) is 11.0. The van der Waals surface area contributed by atoms with Gasteiger partial charge in [-0.2, -0.15) is 9.78 Å². The van der Waals surface area contributed by atoms with E-state index in [1.54, 1.807) is 13.8 Å². The Labute approximate surface area is 124 Å². The standard InChI is InChI=1S/C13H13N5O2S/c1-3-20-13(19)9-6-15-18(10(9)14)11-8-4-5-21-12(8)17-7(2)16-11/h4-6H,3,14H2,1-2H3. The molecular weight excluding hydrogens is 290 g/mol. The minimum Gasteiger partial charge on any atom is -0.462 e. The zero-order valence-electron chi connectivity index (χ0n) is 11.5. The van der Waals surface area contributed by atoms with E-state index in [1.807, 2.05) is 11.4 Å². The number of hydrogen-bond acceptors (Lipinski definition) is 7. The van der Waals surface area contributed by atoms with Crippen LogP contribution in [0.2, 0.25) is 0 Å². The van der Waals surface area contributed by atoms with E-state index >= 15 is 0 Å². The summed E-state index contributed by atoms with van der Waals surface area (Å²) in [5.41, 5.74) is 6.25. The lowest BCUT2D eigenvalue weighted by Crippen LogP contribution is -2.10. The molecule has 0 unspecified atom stereocenters. The highest BCUT2D eigenvalue weighted by Gasteiger charge is 2.19. The second-order valence-electron chi connectivity index (χ2n) is 4.31. The summed E-state index contributed by atoms with van der Waals surface area (Å²) in [6.45, 7) is 3.82. The molecule has 3 heterocycles. The van der Waals surface area contributed by atoms with Gasteiger partial charge in [-0.3, -0.25) is 0 Å². The van der Waals surface area contributed by atoms with E-state index in [9.17, 15) is 4.79 Å². The van der Waals surface area contributed by atoms with Crippen molar-refractivity contribution >= 4 is 33.3 Å². The third-order valence-corrected chi connectivity index (χ3v) is 3.73. The maximum atomic E-state index is 11.8. The van der Waals surface area contributed by atoms with Crippen molar-refractivity contribution in [1.29, 1.82) is 0 Å². The first-order valence-electron chi connectivity index (χ1n) is 6.34. The third-order valence-electron chi connectivity index (χ3n) is 2.92. The highest BCUT2D eigenvalue weighted by molar-refractivity contribution is 7.16. The Morgan fingerprint density at radius 1 is 1.48 bits per heavy atom. The third kappa shape index (κ3) is 2.23. The number of carbonyl (C=O) groups is 1. The van der Waals surface area contributed by atoms with E-state index in [2.05, 4.69) is 15.1 Å². The Hall–Kier alpha value is -2.48. The number of ether oxygens (including phenoxy) is 1. The summed E-state index contributed by atoms with van der Waals surface area (Å²) in [6, 6.07) is 1.90. The molecule has 2 N–H and O–H groups in total. The Balaban J connectivity index is 2.15. The predicted molar refractivity (Wildman–Crippen MR) is 79.6 cm³/mol. The van der Waals surface area contributed by atoms with Gasteiger partial charge in [0.15, 0.2) is 5.82 Å². The maximum Gasteiger partial charge on any atom is 0.343 e. The minimum absolute atomic E-state index is 0.207. The number of fused-ring (bicyclic) bond motifs is 1. The van der Waals surface area contributed by atoms with Crippen LogP contribution >= 0.6 is 11.3 Å². The number of nitrogens with zero attached hydrogens (tertiary/aromatic N) is 4. The summed E-state index contributed by atoms with van der Waals surface area (Å²) in [7, 11) is 0. The smallest absolute Gasteiger partial charge is 0.343 e. The molecule has 0 radical (unpaired) electrons. The summed E-state index contributed by atoms with van der Waals surface area (Å²) in [5.74, 6) is 0.895. The van der Waals surface area contributed by atoms with E-state index in [0.717, 1.165) is 10.2 Å². The maximum absolute atomic E-state index is 11.8. The first-order chi connectivity index (χ1) is 10.1.